The first-order valence-corrected chi connectivity index (χ1v) is 5.84. The molecule has 0 saturated carbocycles. The van der Waals surface area contributed by atoms with Crippen LogP contribution in [0, 0.1) is 10.1 Å². The zero-order chi connectivity index (χ0) is 13.0. The molecule has 2 heterocycles. The summed E-state index contributed by atoms with van der Waals surface area (Å²) in [5, 5.41) is 13.8. The normalized spacial score (nSPS) is 14.9. The number of nitro groups is 1. The topological polar surface area (TPSA) is 86.5 Å². The van der Waals surface area contributed by atoms with Gasteiger partial charge in [0.15, 0.2) is 0 Å². The molecule has 7 nitrogen and oxygen atoms in total. The van der Waals surface area contributed by atoms with Crippen LogP contribution < -0.4 is 10.1 Å². The fourth-order valence-electron chi connectivity index (χ4n) is 1.45. The predicted octanol–water partition coefficient (Wildman–Crippen LogP) is 1.59. The van der Waals surface area contributed by atoms with Crippen LogP contribution in [0.5, 0.6) is 5.88 Å². The van der Waals surface area contributed by atoms with Crippen molar-refractivity contribution in [1.29, 1.82) is 0 Å². The zero-order valence-electron chi connectivity index (χ0n) is 10.1. The second-order valence-corrected chi connectivity index (χ2v) is 4.01. The Balaban J connectivity index is 2.15. The van der Waals surface area contributed by atoms with Gasteiger partial charge in [-0.3, -0.25) is 10.1 Å². The summed E-state index contributed by atoms with van der Waals surface area (Å²) >= 11 is 0. The van der Waals surface area contributed by atoms with E-state index in [1.54, 1.807) is 0 Å². The Hall–Kier alpha value is -1.89. The van der Waals surface area contributed by atoms with Crippen LogP contribution in [0.3, 0.4) is 0 Å². The van der Waals surface area contributed by atoms with E-state index in [0.717, 1.165) is 6.42 Å². The average Bonchev–Trinajstić information content (AvgIpc) is 2.31. The van der Waals surface area contributed by atoms with Crippen molar-refractivity contribution < 1.29 is 14.4 Å². The van der Waals surface area contributed by atoms with Crippen molar-refractivity contribution >= 4 is 11.5 Å². The lowest BCUT2D eigenvalue weighted by molar-refractivity contribution is -0.385. The number of hydrogen-bond donors (Lipinski definition) is 1. The number of ether oxygens (including phenoxy) is 2. The summed E-state index contributed by atoms with van der Waals surface area (Å²) in [6, 6.07) is 2.73. The molecule has 1 aliphatic heterocycles. The summed E-state index contributed by atoms with van der Waals surface area (Å²) in [6.07, 6.45) is 0.857. The fourth-order valence-corrected chi connectivity index (χ4v) is 1.45. The minimum absolute atomic E-state index is 0.0288. The van der Waals surface area contributed by atoms with Gasteiger partial charge in [0.05, 0.1) is 30.3 Å². The number of anilines is 1. The van der Waals surface area contributed by atoms with Gasteiger partial charge in [-0.15, -0.1) is 0 Å². The van der Waals surface area contributed by atoms with Crippen molar-refractivity contribution in [3.8, 4) is 5.88 Å². The fraction of sp³-hybridized carbons (Fsp3) is 0.545. The summed E-state index contributed by atoms with van der Waals surface area (Å²) in [5.41, 5.74) is -0.0288. The van der Waals surface area contributed by atoms with Crippen molar-refractivity contribution in [3.05, 3.63) is 22.2 Å². The number of aromatic nitrogens is 1. The summed E-state index contributed by atoms with van der Waals surface area (Å²) in [5.74, 6) is 0.720. The van der Waals surface area contributed by atoms with E-state index in [9.17, 15) is 10.1 Å². The van der Waals surface area contributed by atoms with E-state index in [1.807, 2.05) is 6.92 Å². The standard InChI is InChI=1S/C11H15N3O4/c1-2-3-12-10-4-8(14(15)16)5-11(13-10)18-9-6-17-7-9/h4-5,9H,2-3,6-7H2,1H3,(H,12,13). The average molecular weight is 253 g/mol. The molecule has 0 aliphatic carbocycles. The van der Waals surface area contributed by atoms with Crippen LogP contribution in [0.4, 0.5) is 11.5 Å². The predicted molar refractivity (Wildman–Crippen MR) is 64.9 cm³/mol. The van der Waals surface area contributed by atoms with Crippen LogP contribution in [-0.2, 0) is 4.74 Å². The van der Waals surface area contributed by atoms with Gasteiger partial charge in [0.25, 0.3) is 5.69 Å². The molecule has 7 heteroatoms. The first-order chi connectivity index (χ1) is 8.69. The first kappa shape index (κ1) is 12.6. The maximum Gasteiger partial charge on any atom is 0.278 e. The molecule has 1 aliphatic rings. The molecule has 0 atom stereocenters. The van der Waals surface area contributed by atoms with Crippen LogP contribution in [0.1, 0.15) is 13.3 Å². The van der Waals surface area contributed by atoms with E-state index in [0.29, 0.717) is 25.6 Å². The molecular weight excluding hydrogens is 238 g/mol. The largest absolute Gasteiger partial charge is 0.469 e. The number of rotatable bonds is 6. The Kier molecular flexibility index (Phi) is 3.93. The maximum absolute atomic E-state index is 10.8. The molecule has 1 N–H and O–H groups in total. The molecular formula is C11H15N3O4. The smallest absolute Gasteiger partial charge is 0.278 e. The van der Waals surface area contributed by atoms with Gasteiger partial charge in [-0.1, -0.05) is 6.92 Å². The van der Waals surface area contributed by atoms with Gasteiger partial charge in [0.1, 0.15) is 11.9 Å². The lowest BCUT2D eigenvalue weighted by Gasteiger charge is -2.26. The first-order valence-electron chi connectivity index (χ1n) is 5.84. The summed E-state index contributed by atoms with van der Waals surface area (Å²) in [7, 11) is 0. The van der Waals surface area contributed by atoms with Crippen molar-refractivity contribution in [3.63, 3.8) is 0 Å². The second-order valence-electron chi connectivity index (χ2n) is 4.01. The minimum Gasteiger partial charge on any atom is -0.469 e. The summed E-state index contributed by atoms with van der Waals surface area (Å²) < 4.78 is 10.5. The van der Waals surface area contributed by atoms with E-state index in [2.05, 4.69) is 10.3 Å². The molecule has 18 heavy (non-hydrogen) atoms. The van der Waals surface area contributed by atoms with Gasteiger partial charge in [0, 0.05) is 6.54 Å². The number of nitrogens with zero attached hydrogens (tertiary/aromatic N) is 2. The van der Waals surface area contributed by atoms with E-state index >= 15 is 0 Å². The molecule has 2 rings (SSSR count). The Bertz CT molecular complexity index is 434. The third-order valence-corrected chi connectivity index (χ3v) is 2.45. The molecule has 1 saturated heterocycles. The van der Waals surface area contributed by atoms with E-state index in [-0.39, 0.29) is 17.7 Å². The molecule has 1 aromatic rings. The van der Waals surface area contributed by atoms with Crippen LogP contribution in [0.2, 0.25) is 0 Å². The van der Waals surface area contributed by atoms with Gasteiger partial charge in [-0.2, -0.15) is 4.98 Å². The highest BCUT2D eigenvalue weighted by atomic mass is 16.6. The Labute approximate surface area is 104 Å². The number of nitrogens with one attached hydrogen (secondary N) is 1. The van der Waals surface area contributed by atoms with Crippen molar-refractivity contribution in [2.45, 2.75) is 19.4 Å². The maximum atomic E-state index is 10.8. The Morgan fingerprint density at radius 1 is 1.61 bits per heavy atom. The van der Waals surface area contributed by atoms with E-state index in [4.69, 9.17) is 9.47 Å². The van der Waals surface area contributed by atoms with Gasteiger partial charge < -0.3 is 14.8 Å². The quantitative estimate of drug-likeness (QED) is 0.612. The van der Waals surface area contributed by atoms with E-state index in [1.165, 1.54) is 12.1 Å². The molecule has 0 unspecified atom stereocenters. The highest BCUT2D eigenvalue weighted by Gasteiger charge is 2.22. The minimum atomic E-state index is -0.455. The third-order valence-electron chi connectivity index (χ3n) is 2.45. The second kappa shape index (κ2) is 5.63. The molecule has 0 radical (unpaired) electrons. The molecule has 0 aromatic carbocycles. The highest BCUT2D eigenvalue weighted by Crippen LogP contribution is 2.23. The summed E-state index contributed by atoms with van der Waals surface area (Å²) in [6.45, 7) is 3.72. The monoisotopic (exact) mass is 253 g/mol. The number of hydrogen-bond acceptors (Lipinski definition) is 6. The van der Waals surface area contributed by atoms with Crippen molar-refractivity contribution in [2.75, 3.05) is 25.1 Å². The van der Waals surface area contributed by atoms with Crippen LogP contribution in [-0.4, -0.2) is 35.8 Å². The van der Waals surface area contributed by atoms with Crippen LogP contribution >= 0.6 is 0 Å². The van der Waals surface area contributed by atoms with Gasteiger partial charge in [-0.25, -0.2) is 0 Å². The SMILES string of the molecule is CCCNc1cc([N+](=O)[O-])cc(OC2COC2)n1. The Morgan fingerprint density at radius 2 is 2.39 bits per heavy atom. The third kappa shape index (κ3) is 3.07. The van der Waals surface area contributed by atoms with Crippen molar-refractivity contribution in [1.82, 2.24) is 4.98 Å². The van der Waals surface area contributed by atoms with Crippen LogP contribution in [0.15, 0.2) is 12.1 Å². The van der Waals surface area contributed by atoms with Gasteiger partial charge >= 0.3 is 0 Å². The molecule has 0 amide bonds. The molecule has 1 fully saturated rings. The van der Waals surface area contributed by atoms with E-state index < -0.39 is 4.92 Å². The highest BCUT2D eigenvalue weighted by molar-refractivity contribution is 5.48. The molecule has 1 aromatic heterocycles. The Morgan fingerprint density at radius 3 is 2.94 bits per heavy atom. The van der Waals surface area contributed by atoms with Gasteiger partial charge in [0.2, 0.25) is 5.88 Å². The number of pyridine rings is 1. The lowest BCUT2D eigenvalue weighted by atomic mass is 10.3. The zero-order valence-corrected chi connectivity index (χ0v) is 10.1. The molecule has 98 valence electrons. The van der Waals surface area contributed by atoms with Crippen molar-refractivity contribution in [2.24, 2.45) is 0 Å². The van der Waals surface area contributed by atoms with Gasteiger partial charge in [-0.05, 0) is 6.42 Å². The molecule has 0 bridgehead atoms. The summed E-state index contributed by atoms with van der Waals surface area (Å²) in [4.78, 5) is 14.5. The lowest BCUT2D eigenvalue weighted by Crippen LogP contribution is -2.38. The molecule has 0 spiro atoms. The van der Waals surface area contributed by atoms with Crippen LogP contribution in [0.25, 0.3) is 0 Å².